The molecule has 0 aromatic carbocycles. The molecule has 2 aromatic rings. The second-order valence-corrected chi connectivity index (χ2v) is 7.95. The van der Waals surface area contributed by atoms with E-state index in [1.165, 1.54) is 0 Å². The number of hydrogen-bond donors (Lipinski definition) is 0. The zero-order valence-corrected chi connectivity index (χ0v) is 14.8. The first kappa shape index (κ1) is 15.7. The fourth-order valence-electron chi connectivity index (χ4n) is 2.51. The molecule has 22 heavy (non-hydrogen) atoms. The van der Waals surface area contributed by atoms with E-state index in [2.05, 4.69) is 51.4 Å². The van der Waals surface area contributed by atoms with Gasteiger partial charge in [-0.3, -0.25) is 0 Å². The number of fused-ring (bicyclic) bond motifs is 1. The largest absolute Gasteiger partial charge is 0.505 e. The number of hydrogen-bond acceptors (Lipinski definition) is 5. The predicted molar refractivity (Wildman–Crippen MR) is 92.6 cm³/mol. The first-order chi connectivity index (χ1) is 10.1. The molecule has 1 aliphatic rings. The van der Waals surface area contributed by atoms with Crippen molar-refractivity contribution in [3.8, 4) is 0 Å². The van der Waals surface area contributed by atoms with Crippen LogP contribution < -0.4 is 4.78 Å². The molecule has 116 valence electrons. The number of aromatic nitrogens is 2. The van der Waals surface area contributed by atoms with Gasteiger partial charge in [0.25, 0.3) is 0 Å². The Labute approximate surface area is 135 Å². The number of allylic oxidation sites excluding steroid dienone is 1. The van der Waals surface area contributed by atoms with E-state index in [1.807, 2.05) is 6.92 Å². The van der Waals surface area contributed by atoms with Gasteiger partial charge in [-0.15, -0.1) is 16.4 Å². The highest BCUT2D eigenvalue weighted by Gasteiger charge is 2.52. The maximum Gasteiger partial charge on any atom is 0.505 e. The van der Waals surface area contributed by atoms with Gasteiger partial charge < -0.3 is 9.31 Å². The third-order valence-electron chi connectivity index (χ3n) is 4.67. The zero-order chi connectivity index (χ0) is 16.3. The Morgan fingerprint density at radius 2 is 1.82 bits per heavy atom. The Bertz CT molecular complexity index is 751. The van der Waals surface area contributed by atoms with E-state index < -0.39 is 0 Å². The molecular weight excluding hydrogens is 295 g/mol. The van der Waals surface area contributed by atoms with Crippen molar-refractivity contribution in [1.29, 1.82) is 0 Å². The van der Waals surface area contributed by atoms with Crippen LogP contribution in [0.2, 0.25) is 0 Å². The van der Waals surface area contributed by atoms with Gasteiger partial charge in [-0.2, -0.15) is 5.10 Å². The fraction of sp³-hybridized carbons (Fsp3) is 0.500. The summed E-state index contributed by atoms with van der Waals surface area (Å²) in [6, 6.07) is 0. The topological polar surface area (TPSA) is 44.2 Å². The van der Waals surface area contributed by atoms with Gasteiger partial charge >= 0.3 is 7.12 Å². The van der Waals surface area contributed by atoms with Crippen molar-refractivity contribution in [3.63, 3.8) is 0 Å². The average Bonchev–Trinajstić information content (AvgIpc) is 2.84. The van der Waals surface area contributed by atoms with Gasteiger partial charge in [-0.25, -0.2) is 0 Å². The Morgan fingerprint density at radius 1 is 1.23 bits per heavy atom. The Hall–Kier alpha value is -1.24. The summed E-state index contributed by atoms with van der Waals surface area (Å²) in [5, 5.41) is 8.40. The number of rotatable bonds is 2. The number of nitrogens with zero attached hydrogens (tertiary/aromatic N) is 2. The lowest BCUT2D eigenvalue weighted by molar-refractivity contribution is 0.00578. The van der Waals surface area contributed by atoms with E-state index in [4.69, 9.17) is 9.31 Å². The van der Waals surface area contributed by atoms with Crippen LogP contribution in [-0.4, -0.2) is 28.5 Å². The molecule has 1 fully saturated rings. The SMILES string of the molecule is C=C(C)c1cnnc2c(C)c(B3OC(C)(C)C(C)(C)O3)sc12. The summed E-state index contributed by atoms with van der Waals surface area (Å²) in [6.07, 6.45) is 1.77. The molecular formula is C16H21BN2O2S. The summed E-state index contributed by atoms with van der Waals surface area (Å²) in [6.45, 7) is 16.3. The molecule has 0 spiro atoms. The normalized spacial score (nSPS) is 19.8. The van der Waals surface area contributed by atoms with Crippen molar-refractivity contribution in [2.24, 2.45) is 0 Å². The van der Waals surface area contributed by atoms with Crippen LogP contribution in [0.5, 0.6) is 0 Å². The highest BCUT2D eigenvalue weighted by Crippen LogP contribution is 2.38. The van der Waals surface area contributed by atoms with Crippen molar-refractivity contribution >= 4 is 39.0 Å². The molecule has 1 aliphatic heterocycles. The van der Waals surface area contributed by atoms with Crippen molar-refractivity contribution < 1.29 is 9.31 Å². The second-order valence-electron chi connectivity index (χ2n) is 6.90. The van der Waals surface area contributed by atoms with Crippen LogP contribution in [0, 0.1) is 6.92 Å². The Kier molecular flexibility index (Phi) is 3.47. The quantitative estimate of drug-likeness (QED) is 0.797. The molecule has 3 heterocycles. The Morgan fingerprint density at radius 3 is 2.36 bits per heavy atom. The highest BCUT2D eigenvalue weighted by molar-refractivity contribution is 7.28. The van der Waals surface area contributed by atoms with E-state index in [0.717, 1.165) is 31.7 Å². The molecule has 0 radical (unpaired) electrons. The van der Waals surface area contributed by atoms with Gasteiger partial charge in [-0.05, 0) is 52.7 Å². The lowest BCUT2D eigenvalue weighted by atomic mass is 9.85. The first-order valence-electron chi connectivity index (χ1n) is 7.40. The number of thiophene rings is 1. The minimum atomic E-state index is -0.359. The van der Waals surface area contributed by atoms with Gasteiger partial charge in [0.05, 0.1) is 22.1 Å². The maximum absolute atomic E-state index is 6.18. The third-order valence-corrected chi connectivity index (χ3v) is 6.00. The van der Waals surface area contributed by atoms with Gasteiger partial charge in [0.2, 0.25) is 0 Å². The van der Waals surface area contributed by atoms with Crippen LogP contribution in [0.25, 0.3) is 15.8 Å². The van der Waals surface area contributed by atoms with Crippen LogP contribution in [0.15, 0.2) is 12.8 Å². The monoisotopic (exact) mass is 316 g/mol. The maximum atomic E-state index is 6.18. The molecule has 0 unspecified atom stereocenters. The van der Waals surface area contributed by atoms with Gasteiger partial charge in [-0.1, -0.05) is 6.58 Å². The van der Waals surface area contributed by atoms with E-state index in [-0.39, 0.29) is 18.3 Å². The average molecular weight is 316 g/mol. The van der Waals surface area contributed by atoms with E-state index in [0.29, 0.717) is 0 Å². The van der Waals surface area contributed by atoms with Crippen LogP contribution >= 0.6 is 11.3 Å². The summed E-state index contributed by atoms with van der Waals surface area (Å²) in [7, 11) is -0.359. The fourth-order valence-corrected chi connectivity index (χ4v) is 3.80. The van der Waals surface area contributed by atoms with Gasteiger partial charge in [0.1, 0.15) is 5.52 Å². The lowest BCUT2D eigenvalue weighted by Gasteiger charge is -2.32. The molecule has 0 aliphatic carbocycles. The summed E-state index contributed by atoms with van der Waals surface area (Å²) in [4.78, 5) is 0. The minimum Gasteiger partial charge on any atom is -0.399 e. The van der Waals surface area contributed by atoms with Crippen molar-refractivity contribution in [3.05, 3.63) is 23.9 Å². The van der Waals surface area contributed by atoms with Crippen LogP contribution in [0.1, 0.15) is 45.7 Å². The molecule has 3 rings (SSSR count). The molecule has 0 bridgehead atoms. The highest BCUT2D eigenvalue weighted by atomic mass is 32.1. The molecule has 0 saturated carbocycles. The van der Waals surface area contributed by atoms with Crippen LogP contribution in [0.3, 0.4) is 0 Å². The summed E-state index contributed by atoms with van der Waals surface area (Å²) < 4.78 is 14.5. The third kappa shape index (κ3) is 2.21. The van der Waals surface area contributed by atoms with Gasteiger partial charge in [0, 0.05) is 10.3 Å². The minimum absolute atomic E-state index is 0.344. The first-order valence-corrected chi connectivity index (χ1v) is 8.22. The van der Waals surface area contributed by atoms with Crippen molar-refractivity contribution in [2.75, 3.05) is 0 Å². The predicted octanol–water partition coefficient (Wildman–Crippen LogP) is 3.33. The van der Waals surface area contributed by atoms with Crippen molar-refractivity contribution in [1.82, 2.24) is 10.2 Å². The smallest absolute Gasteiger partial charge is 0.399 e. The van der Waals surface area contributed by atoms with E-state index in [1.54, 1.807) is 17.5 Å². The van der Waals surface area contributed by atoms with Crippen molar-refractivity contribution in [2.45, 2.75) is 52.7 Å². The molecule has 0 atom stereocenters. The molecule has 6 heteroatoms. The number of aryl methyl sites for hydroxylation is 1. The summed E-state index contributed by atoms with van der Waals surface area (Å²) in [5.74, 6) is 0. The Balaban J connectivity index is 2.12. The summed E-state index contributed by atoms with van der Waals surface area (Å²) >= 11 is 1.66. The second kappa shape index (κ2) is 4.88. The van der Waals surface area contributed by atoms with Crippen LogP contribution in [0.4, 0.5) is 0 Å². The molecule has 0 amide bonds. The standard InChI is InChI=1S/C16H21BN2O2S/c1-9(2)11-8-18-19-12-10(3)14(22-13(11)12)17-20-15(4,5)16(6,7)21-17/h8H,1H2,2-7H3. The molecule has 0 N–H and O–H groups in total. The van der Waals surface area contributed by atoms with E-state index >= 15 is 0 Å². The zero-order valence-electron chi connectivity index (χ0n) is 14.0. The van der Waals surface area contributed by atoms with E-state index in [9.17, 15) is 0 Å². The lowest BCUT2D eigenvalue weighted by Crippen LogP contribution is -2.41. The van der Waals surface area contributed by atoms with Crippen LogP contribution in [-0.2, 0) is 9.31 Å². The summed E-state index contributed by atoms with van der Waals surface area (Å²) in [5.41, 5.74) is 3.33. The molecule has 2 aromatic heterocycles. The van der Waals surface area contributed by atoms with Gasteiger partial charge in [0.15, 0.2) is 0 Å². The molecule has 1 saturated heterocycles. The molecule has 4 nitrogen and oxygen atoms in total.